The molecule has 0 unspecified atom stereocenters. The topological polar surface area (TPSA) is 70.3 Å². The zero-order valence-corrected chi connectivity index (χ0v) is 12.6. The van der Waals surface area contributed by atoms with Crippen molar-refractivity contribution >= 4 is 17.6 Å². The van der Waals surface area contributed by atoms with E-state index < -0.39 is 23.0 Å². The molecule has 2 rings (SSSR count). The third-order valence-electron chi connectivity index (χ3n) is 3.13. The molecular formula is C14H12ClFN2O4. The lowest BCUT2D eigenvalue weighted by atomic mass is 10.2. The monoisotopic (exact) mass is 326 g/mol. The molecule has 0 aliphatic rings. The SMILES string of the molecule is Cn1c(COC(=O)c2ccc(Cl)cc2F)cc(=O)n(C)c1=O. The first kappa shape index (κ1) is 16.0. The molecule has 6 nitrogen and oxygen atoms in total. The fourth-order valence-corrected chi connectivity index (χ4v) is 1.95. The van der Waals surface area contributed by atoms with Gasteiger partial charge in [0.2, 0.25) is 0 Å². The smallest absolute Gasteiger partial charge is 0.341 e. The predicted molar refractivity (Wildman–Crippen MR) is 77.5 cm³/mol. The van der Waals surface area contributed by atoms with Gasteiger partial charge in [-0.3, -0.25) is 13.9 Å². The number of hydrogen-bond donors (Lipinski definition) is 0. The van der Waals surface area contributed by atoms with Crippen molar-refractivity contribution in [2.24, 2.45) is 14.1 Å². The predicted octanol–water partition coefficient (Wildman–Crippen LogP) is 1.23. The summed E-state index contributed by atoms with van der Waals surface area (Å²) in [5.74, 6) is -1.72. The fraction of sp³-hybridized carbons (Fsp3) is 0.214. The first-order chi connectivity index (χ1) is 10.3. The van der Waals surface area contributed by atoms with Gasteiger partial charge in [-0.05, 0) is 18.2 Å². The number of carbonyl (C=O) groups is 1. The highest BCUT2D eigenvalue weighted by molar-refractivity contribution is 6.30. The largest absolute Gasteiger partial charge is 0.456 e. The molecule has 0 radical (unpaired) electrons. The Balaban J connectivity index is 2.22. The van der Waals surface area contributed by atoms with Gasteiger partial charge in [0, 0.05) is 25.2 Å². The summed E-state index contributed by atoms with van der Waals surface area (Å²) < 4.78 is 20.6. The summed E-state index contributed by atoms with van der Waals surface area (Å²) in [5.41, 5.74) is -1.14. The molecule has 1 aromatic heterocycles. The molecule has 0 N–H and O–H groups in total. The first-order valence-electron chi connectivity index (χ1n) is 6.19. The second kappa shape index (κ2) is 6.15. The van der Waals surface area contributed by atoms with Crippen LogP contribution in [0.15, 0.2) is 33.9 Å². The Labute approximate surface area is 129 Å². The zero-order valence-electron chi connectivity index (χ0n) is 11.8. The van der Waals surface area contributed by atoms with E-state index in [1.165, 1.54) is 36.9 Å². The lowest BCUT2D eigenvalue weighted by molar-refractivity contribution is 0.0457. The number of halogens is 2. The van der Waals surface area contributed by atoms with Gasteiger partial charge in [0.25, 0.3) is 5.56 Å². The minimum absolute atomic E-state index is 0.156. The van der Waals surface area contributed by atoms with E-state index in [1.807, 2.05) is 0 Å². The molecule has 0 amide bonds. The molecule has 0 fully saturated rings. The molecular weight excluding hydrogens is 315 g/mol. The van der Waals surface area contributed by atoms with Gasteiger partial charge in [0.1, 0.15) is 12.4 Å². The quantitative estimate of drug-likeness (QED) is 0.796. The zero-order chi connectivity index (χ0) is 16.4. The van der Waals surface area contributed by atoms with Crippen molar-refractivity contribution in [3.8, 4) is 0 Å². The number of carbonyl (C=O) groups excluding carboxylic acids is 1. The van der Waals surface area contributed by atoms with E-state index in [1.54, 1.807) is 0 Å². The van der Waals surface area contributed by atoms with Crippen LogP contribution in [0.5, 0.6) is 0 Å². The summed E-state index contributed by atoms with van der Waals surface area (Å²) in [6.45, 7) is -0.331. The molecule has 1 heterocycles. The lowest BCUT2D eigenvalue weighted by Crippen LogP contribution is -2.38. The van der Waals surface area contributed by atoms with Crippen LogP contribution in [0.3, 0.4) is 0 Å². The summed E-state index contributed by atoms with van der Waals surface area (Å²) in [5, 5.41) is 0.156. The lowest BCUT2D eigenvalue weighted by Gasteiger charge is -2.10. The Kier molecular flexibility index (Phi) is 4.46. The van der Waals surface area contributed by atoms with Crippen LogP contribution in [0.2, 0.25) is 5.02 Å². The Bertz CT molecular complexity index is 857. The summed E-state index contributed by atoms with van der Waals surface area (Å²) >= 11 is 5.60. The van der Waals surface area contributed by atoms with Crippen molar-refractivity contribution in [3.63, 3.8) is 0 Å². The van der Waals surface area contributed by atoms with Crippen LogP contribution in [0.4, 0.5) is 4.39 Å². The third kappa shape index (κ3) is 3.09. The van der Waals surface area contributed by atoms with E-state index >= 15 is 0 Å². The van der Waals surface area contributed by atoms with Crippen molar-refractivity contribution in [2.75, 3.05) is 0 Å². The van der Waals surface area contributed by atoms with Gasteiger partial charge in [0.15, 0.2) is 0 Å². The maximum Gasteiger partial charge on any atom is 0.341 e. The molecule has 2 aromatic rings. The first-order valence-corrected chi connectivity index (χ1v) is 6.57. The Morgan fingerprint density at radius 3 is 2.55 bits per heavy atom. The Morgan fingerprint density at radius 1 is 1.23 bits per heavy atom. The van der Waals surface area contributed by atoms with E-state index in [0.29, 0.717) is 0 Å². The van der Waals surface area contributed by atoms with Gasteiger partial charge in [-0.1, -0.05) is 11.6 Å². The summed E-state index contributed by atoms with van der Waals surface area (Å²) in [4.78, 5) is 35.1. The highest BCUT2D eigenvalue weighted by Crippen LogP contribution is 2.15. The van der Waals surface area contributed by atoms with Crippen molar-refractivity contribution in [1.29, 1.82) is 0 Å². The van der Waals surface area contributed by atoms with Gasteiger partial charge in [-0.25, -0.2) is 14.0 Å². The van der Waals surface area contributed by atoms with Crippen LogP contribution in [0.25, 0.3) is 0 Å². The van der Waals surface area contributed by atoms with Crippen LogP contribution in [-0.4, -0.2) is 15.1 Å². The summed E-state index contributed by atoms with van der Waals surface area (Å²) in [7, 11) is 2.78. The van der Waals surface area contributed by atoms with Gasteiger partial charge >= 0.3 is 11.7 Å². The molecule has 0 aliphatic carbocycles. The van der Waals surface area contributed by atoms with Gasteiger partial charge in [0.05, 0.1) is 11.3 Å². The number of aromatic nitrogens is 2. The van der Waals surface area contributed by atoms with Crippen molar-refractivity contribution in [1.82, 2.24) is 9.13 Å². The van der Waals surface area contributed by atoms with Gasteiger partial charge in [-0.2, -0.15) is 0 Å². The average Bonchev–Trinajstić information content (AvgIpc) is 2.47. The van der Waals surface area contributed by atoms with Crippen molar-refractivity contribution < 1.29 is 13.9 Å². The Hall–Kier alpha value is -2.41. The van der Waals surface area contributed by atoms with E-state index in [9.17, 15) is 18.8 Å². The molecule has 116 valence electrons. The normalized spacial score (nSPS) is 10.5. The van der Waals surface area contributed by atoms with Crippen molar-refractivity contribution in [3.05, 3.63) is 67.2 Å². The van der Waals surface area contributed by atoms with Crippen LogP contribution < -0.4 is 11.2 Å². The summed E-state index contributed by atoms with van der Waals surface area (Å²) in [6.07, 6.45) is 0. The number of ether oxygens (including phenoxy) is 1. The third-order valence-corrected chi connectivity index (χ3v) is 3.36. The van der Waals surface area contributed by atoms with E-state index in [0.717, 1.165) is 10.6 Å². The van der Waals surface area contributed by atoms with Crippen LogP contribution in [0, 0.1) is 5.82 Å². The Morgan fingerprint density at radius 2 is 1.91 bits per heavy atom. The molecule has 8 heteroatoms. The number of esters is 1. The molecule has 0 saturated carbocycles. The highest BCUT2D eigenvalue weighted by Gasteiger charge is 2.15. The summed E-state index contributed by atoms with van der Waals surface area (Å²) in [6, 6.07) is 4.72. The second-order valence-corrected chi connectivity index (χ2v) is 5.01. The van der Waals surface area contributed by atoms with Crippen LogP contribution >= 0.6 is 11.6 Å². The molecule has 0 spiro atoms. The maximum absolute atomic E-state index is 13.6. The average molecular weight is 327 g/mol. The number of rotatable bonds is 3. The van der Waals surface area contributed by atoms with Gasteiger partial charge < -0.3 is 4.74 Å². The van der Waals surface area contributed by atoms with E-state index in [4.69, 9.17) is 16.3 Å². The second-order valence-electron chi connectivity index (χ2n) is 4.57. The highest BCUT2D eigenvalue weighted by atomic mass is 35.5. The van der Waals surface area contributed by atoms with Crippen LogP contribution in [0.1, 0.15) is 16.1 Å². The number of hydrogen-bond acceptors (Lipinski definition) is 4. The standard InChI is InChI=1S/C14H12ClFN2O4/c1-17-9(6-12(19)18(2)14(17)21)7-22-13(20)10-4-3-8(15)5-11(10)16/h3-6H,7H2,1-2H3. The number of nitrogens with zero attached hydrogens (tertiary/aromatic N) is 2. The molecule has 22 heavy (non-hydrogen) atoms. The molecule has 0 bridgehead atoms. The molecule has 0 aliphatic heterocycles. The maximum atomic E-state index is 13.6. The minimum Gasteiger partial charge on any atom is -0.456 e. The molecule has 1 aromatic carbocycles. The molecule has 0 saturated heterocycles. The van der Waals surface area contributed by atoms with E-state index in [-0.39, 0.29) is 22.9 Å². The van der Waals surface area contributed by atoms with Crippen molar-refractivity contribution in [2.45, 2.75) is 6.61 Å². The number of benzene rings is 1. The van der Waals surface area contributed by atoms with Crippen LogP contribution in [-0.2, 0) is 25.4 Å². The minimum atomic E-state index is -0.915. The molecule has 0 atom stereocenters. The van der Waals surface area contributed by atoms with E-state index in [2.05, 4.69) is 0 Å². The van der Waals surface area contributed by atoms with Gasteiger partial charge in [-0.15, -0.1) is 0 Å². The fourth-order valence-electron chi connectivity index (χ4n) is 1.79.